The number of nitrogens with one attached hydrogen (secondary N) is 1. The number of carbonyl (C=O) groups excluding carboxylic acids is 1. The molecule has 0 aliphatic carbocycles. The zero-order valence-electron chi connectivity index (χ0n) is 14.1. The van der Waals surface area contributed by atoms with E-state index in [9.17, 15) is 4.79 Å². The molecule has 1 fully saturated rings. The van der Waals surface area contributed by atoms with Crippen LogP contribution in [0.25, 0.3) is 11.4 Å². The van der Waals surface area contributed by atoms with E-state index in [-0.39, 0.29) is 18.6 Å². The Balaban J connectivity index is 1.36. The van der Waals surface area contributed by atoms with Crippen LogP contribution in [0.1, 0.15) is 41.0 Å². The Kier molecular flexibility index (Phi) is 4.40. The molecule has 10 nitrogen and oxygen atoms in total. The van der Waals surface area contributed by atoms with Crippen molar-refractivity contribution in [3.05, 3.63) is 41.5 Å². The number of nitrogens with zero attached hydrogens (tertiary/aromatic N) is 6. The average Bonchev–Trinajstić information content (AvgIpc) is 3.41. The van der Waals surface area contributed by atoms with Gasteiger partial charge in [-0.1, -0.05) is 17.3 Å². The molecule has 0 unspecified atom stereocenters. The molecule has 4 rings (SSSR count). The van der Waals surface area contributed by atoms with Gasteiger partial charge in [0.2, 0.25) is 5.82 Å². The summed E-state index contributed by atoms with van der Waals surface area (Å²) in [6.07, 6.45) is 1.73. The number of carbonyl (C=O) groups is 1. The molecule has 1 saturated heterocycles. The van der Waals surface area contributed by atoms with Crippen molar-refractivity contribution in [3.63, 3.8) is 0 Å². The summed E-state index contributed by atoms with van der Waals surface area (Å²) in [4.78, 5) is 17.9. The van der Waals surface area contributed by atoms with Gasteiger partial charge in [-0.05, 0) is 30.2 Å². The molecular weight excluding hydrogens is 338 g/mol. The van der Waals surface area contributed by atoms with Crippen molar-refractivity contribution in [3.8, 4) is 11.4 Å². The lowest BCUT2D eigenvalue weighted by molar-refractivity contribution is 0.0835. The maximum atomic E-state index is 12.3. The number of tetrazole rings is 1. The molecule has 1 N–H and O–H groups in total. The number of aromatic nitrogens is 6. The van der Waals surface area contributed by atoms with Crippen molar-refractivity contribution in [1.82, 2.24) is 35.7 Å². The van der Waals surface area contributed by atoms with E-state index >= 15 is 0 Å². The molecule has 10 heteroatoms. The molecule has 1 atom stereocenters. The first-order valence-corrected chi connectivity index (χ1v) is 8.26. The smallest absolute Gasteiger partial charge is 0.255 e. The summed E-state index contributed by atoms with van der Waals surface area (Å²) in [6, 6.07) is 6.95. The minimum Gasteiger partial charge on any atom is -0.368 e. The lowest BCUT2D eigenvalue weighted by atomic mass is 10.1. The van der Waals surface area contributed by atoms with Crippen molar-refractivity contribution in [1.29, 1.82) is 0 Å². The number of hydrogen-bond acceptors (Lipinski definition) is 8. The molecule has 0 spiro atoms. The summed E-state index contributed by atoms with van der Waals surface area (Å²) < 4.78 is 10.7. The predicted molar refractivity (Wildman–Crippen MR) is 87.6 cm³/mol. The van der Waals surface area contributed by atoms with Crippen LogP contribution in [0.3, 0.4) is 0 Å². The third-order valence-electron chi connectivity index (χ3n) is 4.01. The van der Waals surface area contributed by atoms with Crippen LogP contribution in [-0.2, 0) is 18.3 Å². The van der Waals surface area contributed by atoms with Crippen molar-refractivity contribution >= 4 is 5.91 Å². The van der Waals surface area contributed by atoms with E-state index in [0.29, 0.717) is 29.7 Å². The molecule has 1 amide bonds. The second-order valence-corrected chi connectivity index (χ2v) is 5.91. The molecule has 0 saturated carbocycles. The molecule has 1 aliphatic heterocycles. The Bertz CT molecular complexity index is 897. The van der Waals surface area contributed by atoms with Gasteiger partial charge in [-0.25, -0.2) is 0 Å². The Morgan fingerprint density at radius 2 is 2.19 bits per heavy atom. The molecule has 1 aliphatic rings. The number of aryl methyl sites for hydroxylation is 1. The standard InChI is InChI=1S/C16H17N7O3/c1-23-20-14(19-22-23)10-4-6-11(7-5-10)15(24)17-9-13-18-16(26-21-13)12-3-2-8-25-12/h4-7,12H,2-3,8-9H2,1H3,(H,17,24)/t12-/m1/s1. The van der Waals surface area contributed by atoms with Crippen LogP contribution in [0, 0.1) is 0 Å². The molecule has 0 bridgehead atoms. The largest absolute Gasteiger partial charge is 0.368 e. The van der Waals surface area contributed by atoms with Gasteiger partial charge in [-0.15, -0.1) is 10.2 Å². The Morgan fingerprint density at radius 1 is 1.35 bits per heavy atom. The van der Waals surface area contributed by atoms with Gasteiger partial charge in [0, 0.05) is 17.7 Å². The van der Waals surface area contributed by atoms with Crippen LogP contribution in [0.5, 0.6) is 0 Å². The monoisotopic (exact) mass is 355 g/mol. The highest BCUT2D eigenvalue weighted by Crippen LogP contribution is 2.26. The van der Waals surface area contributed by atoms with E-state index in [2.05, 4.69) is 30.9 Å². The Morgan fingerprint density at radius 3 is 2.88 bits per heavy atom. The molecule has 2 aromatic heterocycles. The second-order valence-electron chi connectivity index (χ2n) is 5.91. The van der Waals surface area contributed by atoms with E-state index in [1.807, 2.05) is 0 Å². The SMILES string of the molecule is Cn1nnc(-c2ccc(C(=O)NCc3noc([C@H]4CCCO4)n3)cc2)n1. The highest BCUT2D eigenvalue weighted by atomic mass is 16.5. The van der Waals surface area contributed by atoms with E-state index in [1.54, 1.807) is 31.3 Å². The van der Waals surface area contributed by atoms with Gasteiger partial charge in [0.15, 0.2) is 5.82 Å². The maximum absolute atomic E-state index is 12.3. The van der Waals surface area contributed by atoms with E-state index < -0.39 is 0 Å². The Labute approximate surface area is 148 Å². The zero-order chi connectivity index (χ0) is 17.9. The second kappa shape index (κ2) is 7.00. The summed E-state index contributed by atoms with van der Waals surface area (Å²) >= 11 is 0. The van der Waals surface area contributed by atoms with E-state index in [1.165, 1.54) is 4.80 Å². The number of benzene rings is 1. The van der Waals surface area contributed by atoms with E-state index in [4.69, 9.17) is 9.26 Å². The van der Waals surface area contributed by atoms with Crippen LogP contribution in [0.2, 0.25) is 0 Å². The lowest BCUT2D eigenvalue weighted by Gasteiger charge is -2.03. The first-order valence-electron chi connectivity index (χ1n) is 8.26. The Hall–Kier alpha value is -3.14. The third-order valence-corrected chi connectivity index (χ3v) is 4.01. The fraction of sp³-hybridized carbons (Fsp3) is 0.375. The summed E-state index contributed by atoms with van der Waals surface area (Å²) in [6.45, 7) is 0.891. The maximum Gasteiger partial charge on any atom is 0.255 e. The van der Waals surface area contributed by atoms with E-state index in [0.717, 1.165) is 18.4 Å². The number of ether oxygens (including phenoxy) is 1. The number of amides is 1. The highest BCUT2D eigenvalue weighted by molar-refractivity contribution is 5.94. The van der Waals surface area contributed by atoms with Crippen LogP contribution >= 0.6 is 0 Å². The van der Waals surface area contributed by atoms with Gasteiger partial charge in [0.05, 0.1) is 13.6 Å². The molecule has 1 aromatic carbocycles. The molecule has 3 aromatic rings. The van der Waals surface area contributed by atoms with Gasteiger partial charge in [0.25, 0.3) is 11.8 Å². The first-order chi connectivity index (χ1) is 12.7. The predicted octanol–water partition coefficient (Wildman–Crippen LogP) is 1.04. The lowest BCUT2D eigenvalue weighted by Crippen LogP contribution is -2.23. The zero-order valence-corrected chi connectivity index (χ0v) is 14.1. The third kappa shape index (κ3) is 3.45. The van der Waals surface area contributed by atoms with Gasteiger partial charge >= 0.3 is 0 Å². The summed E-state index contributed by atoms with van der Waals surface area (Å²) in [5.74, 6) is 1.16. The van der Waals surface area contributed by atoms with Gasteiger partial charge in [0.1, 0.15) is 6.10 Å². The average molecular weight is 355 g/mol. The van der Waals surface area contributed by atoms with Crippen LogP contribution in [-0.4, -0.2) is 42.9 Å². The van der Waals surface area contributed by atoms with Gasteiger partial charge in [-0.3, -0.25) is 4.79 Å². The fourth-order valence-electron chi connectivity index (χ4n) is 2.67. The van der Waals surface area contributed by atoms with Crippen LogP contribution in [0.4, 0.5) is 0 Å². The summed E-state index contributed by atoms with van der Waals surface area (Å²) in [5, 5.41) is 18.5. The summed E-state index contributed by atoms with van der Waals surface area (Å²) in [5.41, 5.74) is 1.30. The minimum atomic E-state index is -0.230. The molecule has 26 heavy (non-hydrogen) atoms. The van der Waals surface area contributed by atoms with Crippen molar-refractivity contribution in [2.45, 2.75) is 25.5 Å². The van der Waals surface area contributed by atoms with Crippen LogP contribution in [0.15, 0.2) is 28.8 Å². The highest BCUT2D eigenvalue weighted by Gasteiger charge is 2.23. The normalized spacial score (nSPS) is 16.7. The topological polar surface area (TPSA) is 121 Å². The fourth-order valence-corrected chi connectivity index (χ4v) is 2.67. The van der Waals surface area contributed by atoms with Crippen molar-refractivity contribution in [2.24, 2.45) is 7.05 Å². The van der Waals surface area contributed by atoms with Crippen LogP contribution < -0.4 is 5.32 Å². The summed E-state index contributed by atoms with van der Waals surface area (Å²) in [7, 11) is 1.69. The molecule has 0 radical (unpaired) electrons. The minimum absolute atomic E-state index is 0.130. The van der Waals surface area contributed by atoms with Crippen molar-refractivity contribution < 1.29 is 14.1 Å². The van der Waals surface area contributed by atoms with Gasteiger partial charge < -0.3 is 14.6 Å². The molecule has 3 heterocycles. The van der Waals surface area contributed by atoms with Gasteiger partial charge in [-0.2, -0.15) is 9.78 Å². The number of rotatable bonds is 5. The number of hydrogen-bond donors (Lipinski definition) is 1. The molecular formula is C16H17N7O3. The molecule has 134 valence electrons. The quantitative estimate of drug-likeness (QED) is 0.720. The van der Waals surface area contributed by atoms with Crippen molar-refractivity contribution in [2.75, 3.05) is 6.61 Å². The first kappa shape index (κ1) is 16.3.